The fourth-order valence-electron chi connectivity index (χ4n) is 3.55. The van der Waals surface area contributed by atoms with Crippen molar-refractivity contribution in [2.24, 2.45) is 0 Å². The van der Waals surface area contributed by atoms with Crippen LogP contribution < -0.4 is 30.2 Å². The van der Waals surface area contributed by atoms with Gasteiger partial charge in [-0.1, -0.05) is 0 Å². The summed E-state index contributed by atoms with van der Waals surface area (Å²) in [5.74, 6) is 1.58. The molecule has 178 valence electrons. The Kier molecular flexibility index (Phi) is 5.32. The molecule has 0 aliphatic carbocycles. The molecule has 0 spiro atoms. The maximum Gasteiger partial charge on any atom is 0.347 e. The largest absolute Gasteiger partial charge is 0.493 e. The Morgan fingerprint density at radius 2 is 1.14 bits per heavy atom. The molecule has 0 atom stereocenters. The average molecular weight is 478 g/mol. The lowest BCUT2D eigenvalue weighted by molar-refractivity contribution is 0.355. The van der Waals surface area contributed by atoms with Crippen molar-refractivity contribution in [3.8, 4) is 46.3 Å². The molecule has 1 N–H and O–H groups in total. The summed E-state index contributed by atoms with van der Waals surface area (Å²) in [7, 11) is 5.88. The van der Waals surface area contributed by atoms with Gasteiger partial charge in [0, 0.05) is 24.3 Å². The topological polar surface area (TPSA) is 152 Å². The van der Waals surface area contributed by atoms with Crippen LogP contribution in [0.25, 0.3) is 45.1 Å². The van der Waals surface area contributed by atoms with Crippen molar-refractivity contribution >= 4 is 21.8 Å². The summed E-state index contributed by atoms with van der Waals surface area (Å²) < 4.78 is 31.7. The van der Waals surface area contributed by atoms with Crippen LogP contribution in [0, 0.1) is 0 Å². The number of ether oxygens (including phenoxy) is 4. The molecule has 0 aliphatic heterocycles. The molecule has 12 heteroatoms. The predicted molar refractivity (Wildman–Crippen MR) is 123 cm³/mol. The number of nitrogens with zero attached hydrogens (tertiary/aromatic N) is 3. The highest BCUT2D eigenvalue weighted by molar-refractivity contribution is 5.83. The second-order valence-electron chi connectivity index (χ2n) is 7.21. The van der Waals surface area contributed by atoms with E-state index in [1.165, 1.54) is 46.8 Å². The summed E-state index contributed by atoms with van der Waals surface area (Å²) in [6.07, 6.45) is 1.38. The average Bonchev–Trinajstić information content (AvgIpc) is 3.37. The molecule has 5 rings (SSSR count). The van der Waals surface area contributed by atoms with Crippen LogP contribution in [0.1, 0.15) is 0 Å². The van der Waals surface area contributed by atoms with Gasteiger partial charge in [0.25, 0.3) is 5.89 Å². The van der Waals surface area contributed by atoms with E-state index in [0.717, 1.165) is 0 Å². The Morgan fingerprint density at radius 1 is 0.686 bits per heavy atom. The van der Waals surface area contributed by atoms with Crippen LogP contribution in [-0.4, -0.2) is 48.4 Å². The first-order valence-electron chi connectivity index (χ1n) is 10.1. The van der Waals surface area contributed by atoms with Gasteiger partial charge in [0.15, 0.2) is 28.8 Å². The van der Waals surface area contributed by atoms with E-state index in [1.807, 2.05) is 0 Å². The van der Waals surface area contributed by atoms with Crippen LogP contribution in [0.4, 0.5) is 0 Å². The van der Waals surface area contributed by atoms with E-state index >= 15 is 0 Å². The van der Waals surface area contributed by atoms with Gasteiger partial charge in [-0.05, 0) is 0 Å². The molecule has 3 heterocycles. The van der Waals surface area contributed by atoms with Crippen LogP contribution in [-0.2, 0) is 0 Å². The molecule has 3 aromatic heterocycles. The zero-order valence-electron chi connectivity index (χ0n) is 19.0. The lowest BCUT2D eigenvalue weighted by atomic mass is 10.2. The van der Waals surface area contributed by atoms with Gasteiger partial charge in [0.1, 0.15) is 5.69 Å². The van der Waals surface area contributed by atoms with Crippen molar-refractivity contribution in [3.05, 3.63) is 51.3 Å². The molecule has 2 aromatic carbocycles. The highest BCUT2D eigenvalue weighted by Crippen LogP contribution is 2.32. The lowest BCUT2D eigenvalue weighted by Gasteiger charge is -2.08. The first-order valence-corrected chi connectivity index (χ1v) is 10.1. The Hall–Kier alpha value is -4.87. The van der Waals surface area contributed by atoms with Gasteiger partial charge in [-0.15, -0.1) is 0 Å². The molecule has 0 unspecified atom stereocenters. The molecular weight excluding hydrogens is 460 g/mol. The standard InChI is InChI=1S/C23H18N4O8/c1-30-15-5-10-12(7-17(15)32-3)26-20(34-22(10)28)14-9-24-19(25-14)21-27-13-8-18(33-4)16(31-2)6-11(13)23(29)35-21/h5-9H,1-4H3,(H,24,25). The van der Waals surface area contributed by atoms with Crippen molar-refractivity contribution in [2.75, 3.05) is 28.4 Å². The second-order valence-corrected chi connectivity index (χ2v) is 7.21. The minimum atomic E-state index is -0.639. The van der Waals surface area contributed by atoms with Crippen LogP contribution in [0.15, 0.2) is 48.9 Å². The highest BCUT2D eigenvalue weighted by Gasteiger charge is 2.18. The van der Waals surface area contributed by atoms with Gasteiger partial charge in [-0.3, -0.25) is 0 Å². The summed E-state index contributed by atoms with van der Waals surface area (Å²) in [6, 6.07) is 6.11. The fraction of sp³-hybridized carbons (Fsp3) is 0.174. The number of fused-ring (bicyclic) bond motifs is 2. The molecule has 0 saturated carbocycles. The van der Waals surface area contributed by atoms with Crippen molar-refractivity contribution in [1.29, 1.82) is 0 Å². The Morgan fingerprint density at radius 3 is 1.66 bits per heavy atom. The molecule has 0 fully saturated rings. The number of methoxy groups -OCH3 is 4. The van der Waals surface area contributed by atoms with Crippen molar-refractivity contribution in [1.82, 2.24) is 19.9 Å². The number of hydrogen-bond acceptors (Lipinski definition) is 11. The maximum atomic E-state index is 12.6. The number of imidazole rings is 1. The van der Waals surface area contributed by atoms with Crippen LogP contribution in [0.5, 0.6) is 23.0 Å². The van der Waals surface area contributed by atoms with E-state index < -0.39 is 11.3 Å². The summed E-state index contributed by atoms with van der Waals surface area (Å²) in [5.41, 5.74) is -0.339. The Bertz CT molecular complexity index is 1580. The first-order chi connectivity index (χ1) is 16.9. The fourth-order valence-corrected chi connectivity index (χ4v) is 3.55. The first kappa shape index (κ1) is 21.9. The second kappa shape index (κ2) is 8.48. The van der Waals surface area contributed by atoms with Gasteiger partial charge in [-0.25, -0.2) is 24.5 Å². The molecule has 5 aromatic rings. The third-order valence-corrected chi connectivity index (χ3v) is 5.28. The SMILES string of the molecule is COc1cc2nc(-c3cnc(-c4nc5cc(OC)c(OC)cc5c(=O)o4)[nH]3)oc(=O)c2cc1OC. The molecular formula is C23H18N4O8. The van der Waals surface area contributed by atoms with Crippen LogP contribution in [0.3, 0.4) is 0 Å². The van der Waals surface area contributed by atoms with Crippen molar-refractivity contribution < 1.29 is 27.8 Å². The minimum absolute atomic E-state index is 0.0250. The highest BCUT2D eigenvalue weighted by atomic mass is 16.5. The summed E-state index contributed by atoms with van der Waals surface area (Å²) in [5, 5.41) is 0.433. The number of H-pyrrole nitrogens is 1. The Balaban J connectivity index is 1.59. The number of aromatic nitrogens is 4. The molecule has 0 saturated heterocycles. The van der Waals surface area contributed by atoms with E-state index in [9.17, 15) is 9.59 Å². The minimum Gasteiger partial charge on any atom is -0.493 e. The third kappa shape index (κ3) is 3.70. The molecule has 35 heavy (non-hydrogen) atoms. The molecule has 0 aliphatic rings. The van der Waals surface area contributed by atoms with E-state index in [0.29, 0.717) is 34.0 Å². The maximum absolute atomic E-state index is 12.6. The van der Waals surface area contributed by atoms with Crippen LogP contribution in [0.2, 0.25) is 0 Å². The number of nitrogens with one attached hydrogen (secondary N) is 1. The third-order valence-electron chi connectivity index (χ3n) is 5.28. The van der Waals surface area contributed by atoms with E-state index in [1.54, 1.807) is 12.1 Å². The van der Waals surface area contributed by atoms with Gasteiger partial charge < -0.3 is 32.8 Å². The van der Waals surface area contributed by atoms with Gasteiger partial charge in [0.2, 0.25) is 5.89 Å². The molecule has 0 amide bonds. The quantitative estimate of drug-likeness (QED) is 0.383. The smallest absolute Gasteiger partial charge is 0.347 e. The van der Waals surface area contributed by atoms with E-state index in [2.05, 4.69) is 19.9 Å². The van der Waals surface area contributed by atoms with E-state index in [4.69, 9.17) is 27.8 Å². The van der Waals surface area contributed by atoms with Gasteiger partial charge in [-0.2, -0.15) is 0 Å². The van der Waals surface area contributed by atoms with Crippen molar-refractivity contribution in [3.63, 3.8) is 0 Å². The number of hydrogen-bond donors (Lipinski definition) is 1. The zero-order chi connectivity index (χ0) is 24.7. The molecule has 12 nitrogen and oxygen atoms in total. The lowest BCUT2D eigenvalue weighted by Crippen LogP contribution is -2.05. The van der Waals surface area contributed by atoms with Gasteiger partial charge in [0.05, 0.1) is 56.4 Å². The number of rotatable bonds is 6. The molecule has 0 bridgehead atoms. The summed E-state index contributed by atoms with van der Waals surface area (Å²) in [4.78, 5) is 41.1. The molecule has 0 radical (unpaired) electrons. The van der Waals surface area contributed by atoms with Gasteiger partial charge >= 0.3 is 11.3 Å². The number of aromatic amines is 1. The Labute approximate surface area is 196 Å². The van der Waals surface area contributed by atoms with E-state index in [-0.39, 0.29) is 34.1 Å². The monoisotopic (exact) mass is 478 g/mol. The zero-order valence-corrected chi connectivity index (χ0v) is 19.0. The van der Waals surface area contributed by atoms with Crippen LogP contribution >= 0.6 is 0 Å². The predicted octanol–water partition coefficient (Wildman–Crippen LogP) is 2.78. The summed E-state index contributed by atoms with van der Waals surface area (Å²) >= 11 is 0. The summed E-state index contributed by atoms with van der Waals surface area (Å²) in [6.45, 7) is 0. The normalized spacial score (nSPS) is 11.1. The number of benzene rings is 2. The van der Waals surface area contributed by atoms with Crippen molar-refractivity contribution in [2.45, 2.75) is 0 Å².